The summed E-state index contributed by atoms with van der Waals surface area (Å²) < 4.78 is 28.2. The minimum Gasteiger partial charge on any atom is -0.542 e. The molecule has 0 aliphatic rings. The summed E-state index contributed by atoms with van der Waals surface area (Å²) in [6.07, 6.45) is 2.24. The zero-order valence-corrected chi connectivity index (χ0v) is 34.3. The molecule has 290 valence electrons. The topological polar surface area (TPSA) is 133 Å². The number of benzene rings is 1. The summed E-state index contributed by atoms with van der Waals surface area (Å²) in [7, 11) is -2.14. The lowest BCUT2D eigenvalue weighted by molar-refractivity contribution is -0.117. The Kier molecular flexibility index (Phi) is 21.3. The smallest absolute Gasteiger partial charge is 0.296 e. The van der Waals surface area contributed by atoms with Crippen molar-refractivity contribution in [1.29, 1.82) is 0 Å². The van der Waals surface area contributed by atoms with E-state index in [-0.39, 0.29) is 42.5 Å². The summed E-state index contributed by atoms with van der Waals surface area (Å²) in [6, 6.07) is 6.20. The molecule has 0 saturated heterocycles. The number of rotatable bonds is 23. The van der Waals surface area contributed by atoms with Crippen LogP contribution < -0.4 is 20.4 Å². The molecule has 3 amide bonds. The molecule has 0 fully saturated rings. The Bertz CT molecular complexity index is 1260. The van der Waals surface area contributed by atoms with Crippen molar-refractivity contribution in [2.45, 2.75) is 99.7 Å². The van der Waals surface area contributed by atoms with E-state index in [0.717, 1.165) is 12.8 Å². The molecule has 1 rings (SSSR count). The third-order valence-corrected chi connectivity index (χ3v) is 13.4. The van der Waals surface area contributed by atoms with E-state index in [9.17, 15) is 14.4 Å². The van der Waals surface area contributed by atoms with Crippen molar-refractivity contribution in [2.75, 3.05) is 71.3 Å². The molecule has 0 bridgehead atoms. The van der Waals surface area contributed by atoms with Crippen molar-refractivity contribution < 1.29 is 37.8 Å². The van der Waals surface area contributed by atoms with Crippen molar-refractivity contribution in [3.05, 3.63) is 23.8 Å². The van der Waals surface area contributed by atoms with E-state index in [4.69, 9.17) is 23.4 Å². The fourth-order valence-corrected chi connectivity index (χ4v) is 5.53. The van der Waals surface area contributed by atoms with E-state index in [2.05, 4.69) is 108 Å². The Morgan fingerprint density at radius 3 is 1.82 bits per heavy atom. The maximum Gasteiger partial charge on any atom is 0.296 e. The zero-order chi connectivity index (χ0) is 38.5. The van der Waals surface area contributed by atoms with Gasteiger partial charge in [0, 0.05) is 31.5 Å². The molecule has 1 unspecified atom stereocenters. The van der Waals surface area contributed by atoms with Gasteiger partial charge in [0.25, 0.3) is 20.1 Å². The van der Waals surface area contributed by atoms with Crippen LogP contribution in [0.25, 0.3) is 0 Å². The molecule has 0 aliphatic carbocycles. The summed E-state index contributed by atoms with van der Waals surface area (Å²) in [5.74, 6) is 5.02. The van der Waals surface area contributed by atoms with E-state index >= 15 is 0 Å². The first-order valence-corrected chi connectivity index (χ1v) is 21.3. The third-order valence-electron chi connectivity index (χ3n) is 9.08. The highest BCUT2D eigenvalue weighted by Gasteiger charge is 2.39. The molecule has 0 spiro atoms. The van der Waals surface area contributed by atoms with E-state index < -0.39 is 20.1 Å². The van der Waals surface area contributed by atoms with Gasteiger partial charge in [-0.1, -0.05) is 61.5 Å². The minimum atomic E-state index is -2.14. The number of hydrogen-bond donors (Lipinski definition) is 3. The summed E-state index contributed by atoms with van der Waals surface area (Å²) in [6.45, 7) is 27.9. The number of carbonyl (C=O) groups excluding carboxylic acids is 3. The van der Waals surface area contributed by atoms with Gasteiger partial charge in [0.2, 0.25) is 5.91 Å². The van der Waals surface area contributed by atoms with Gasteiger partial charge < -0.3 is 39.3 Å². The first-order valence-electron chi connectivity index (χ1n) is 18.4. The molecule has 51 heavy (non-hydrogen) atoms. The number of carbonyl (C=O) groups is 3. The molecule has 0 heterocycles. The van der Waals surface area contributed by atoms with Crippen LogP contribution in [0.15, 0.2) is 18.2 Å². The Morgan fingerprint density at radius 1 is 0.784 bits per heavy atom. The predicted molar refractivity (Wildman–Crippen MR) is 206 cm³/mol. The molecule has 0 aliphatic heterocycles. The molecule has 0 saturated carbocycles. The Labute approximate surface area is 309 Å². The highest BCUT2D eigenvalue weighted by molar-refractivity contribution is 6.74. The van der Waals surface area contributed by atoms with Gasteiger partial charge >= 0.3 is 0 Å². The van der Waals surface area contributed by atoms with Crippen LogP contribution in [0.5, 0.6) is 5.75 Å². The molecule has 1 aromatic rings. The number of anilines is 1. The molecular weight excluding hydrogens is 667 g/mol. The summed E-state index contributed by atoms with van der Waals surface area (Å²) in [5.41, 5.74) is 2.14. The molecule has 2 atom stereocenters. The van der Waals surface area contributed by atoms with Crippen LogP contribution in [-0.4, -0.2) is 92.0 Å². The quantitative estimate of drug-likeness (QED) is 0.0712. The van der Waals surface area contributed by atoms with E-state index in [1.165, 1.54) is 5.56 Å². The van der Waals surface area contributed by atoms with E-state index in [1.54, 1.807) is 0 Å². The predicted octanol–water partition coefficient (Wildman–Crippen LogP) is 5.97. The highest BCUT2D eigenvalue weighted by atomic mass is 28.4. The second-order valence-electron chi connectivity index (χ2n) is 15.6. The number of amides is 3. The van der Waals surface area contributed by atoms with Crippen molar-refractivity contribution in [3.8, 4) is 17.6 Å². The summed E-state index contributed by atoms with van der Waals surface area (Å²) in [5, 5.41) is 8.23. The molecule has 11 nitrogen and oxygen atoms in total. The Morgan fingerprint density at radius 2 is 1.31 bits per heavy atom. The van der Waals surface area contributed by atoms with Gasteiger partial charge in [0.1, 0.15) is 5.75 Å². The van der Waals surface area contributed by atoms with Crippen LogP contribution >= 0.6 is 0 Å². The molecule has 0 aromatic heterocycles. The average Bonchev–Trinajstić information content (AvgIpc) is 3.02. The van der Waals surface area contributed by atoms with Gasteiger partial charge in [-0.25, -0.2) is 0 Å². The maximum absolute atomic E-state index is 13.0. The van der Waals surface area contributed by atoms with Gasteiger partial charge in [-0.3, -0.25) is 14.4 Å². The largest absolute Gasteiger partial charge is 0.542 e. The van der Waals surface area contributed by atoms with Crippen LogP contribution in [0.4, 0.5) is 5.69 Å². The second kappa shape index (κ2) is 23.6. The zero-order valence-electron chi connectivity index (χ0n) is 33.3. The molecule has 0 radical (unpaired) electrons. The van der Waals surface area contributed by atoms with Crippen molar-refractivity contribution in [2.24, 2.45) is 17.3 Å². The molecular formula is C39H67N3O8Si. The van der Waals surface area contributed by atoms with Gasteiger partial charge in [-0.05, 0) is 72.8 Å². The van der Waals surface area contributed by atoms with Crippen molar-refractivity contribution in [1.82, 2.24) is 10.6 Å². The monoisotopic (exact) mass is 733 g/mol. The number of ether oxygens (including phenoxy) is 4. The fraction of sp³-hybridized carbons (Fsp3) is 0.718. The highest BCUT2D eigenvalue weighted by Crippen LogP contribution is 2.40. The van der Waals surface area contributed by atoms with E-state index in [1.807, 2.05) is 13.0 Å². The Balaban J connectivity index is 2.47. The number of nitrogens with one attached hydrogen (secondary N) is 3. The van der Waals surface area contributed by atoms with Crippen LogP contribution in [0.3, 0.4) is 0 Å². The lowest BCUT2D eigenvalue weighted by Crippen LogP contribution is -2.44. The normalized spacial score (nSPS) is 13.1. The molecule has 1 aromatic carbocycles. The third kappa shape index (κ3) is 20.6. The van der Waals surface area contributed by atoms with Crippen LogP contribution in [0, 0.1) is 29.1 Å². The Hall–Kier alpha value is -2.95. The van der Waals surface area contributed by atoms with Gasteiger partial charge in [0.05, 0.1) is 58.4 Å². The maximum atomic E-state index is 13.0. The van der Waals surface area contributed by atoms with Gasteiger partial charge in [-0.2, -0.15) is 0 Å². The van der Waals surface area contributed by atoms with Gasteiger partial charge in [-0.15, -0.1) is 0 Å². The summed E-state index contributed by atoms with van der Waals surface area (Å²) in [4.78, 5) is 36.5. The lowest BCUT2D eigenvalue weighted by atomic mass is 9.76. The fourth-order valence-electron chi connectivity index (χ4n) is 4.50. The van der Waals surface area contributed by atoms with Gasteiger partial charge in [0.15, 0.2) is 0 Å². The van der Waals surface area contributed by atoms with Crippen LogP contribution in [0.2, 0.25) is 18.1 Å². The number of hydrogen-bond acceptors (Lipinski definition) is 8. The van der Waals surface area contributed by atoms with Crippen LogP contribution in [0.1, 0.15) is 80.7 Å². The average molecular weight is 734 g/mol. The minimum absolute atomic E-state index is 0.0124. The molecule has 12 heteroatoms. The first-order chi connectivity index (χ1) is 23.9. The van der Waals surface area contributed by atoms with Crippen LogP contribution in [-0.2, 0) is 39.8 Å². The summed E-state index contributed by atoms with van der Waals surface area (Å²) >= 11 is 0. The SMILES string of the molecule is CCOCCOCCNC(=O)C#CC(=O)NCCOCCOCCC(=O)Nc1cc(C[C@H](C)CC(C)C(C)(C)C)ccc1O[Si](C)(C)C(C)(C)C. The molecule has 3 N–H and O–H groups in total. The standard InChI is InChI=1S/C39H67N3O8Si/c1-12-46-23-24-48-21-18-40-35(43)15-16-36(44)41-19-22-49-26-25-47-20-17-37(45)42-33-29-32(28-30(2)27-31(3)38(4,5)6)13-14-34(33)50-51(10,11)39(7,8)9/h13-14,29-31H,12,17-28H2,1-11H3,(H,40,43)(H,41,44)(H,42,45)/t30-,31?/m1/s1. The lowest BCUT2D eigenvalue weighted by Gasteiger charge is -2.37. The van der Waals surface area contributed by atoms with Crippen molar-refractivity contribution in [3.63, 3.8) is 0 Å². The first kappa shape index (κ1) is 46.1. The van der Waals surface area contributed by atoms with E-state index in [0.29, 0.717) is 69.5 Å². The second-order valence-corrected chi connectivity index (χ2v) is 20.3. The van der Waals surface area contributed by atoms with Crippen molar-refractivity contribution >= 4 is 31.7 Å².